The molecule has 3 aromatic carbocycles. The van der Waals surface area contributed by atoms with E-state index >= 15 is 0 Å². The summed E-state index contributed by atoms with van der Waals surface area (Å²) in [4.78, 5) is 6.46. The van der Waals surface area contributed by atoms with Gasteiger partial charge >= 0.3 is 0 Å². The van der Waals surface area contributed by atoms with Gasteiger partial charge in [0.15, 0.2) is 12.4 Å². The van der Waals surface area contributed by atoms with E-state index in [-0.39, 0.29) is 6.61 Å². The minimum absolute atomic E-state index is 0.179. The molecule has 0 fully saturated rings. The van der Waals surface area contributed by atoms with Gasteiger partial charge in [0.1, 0.15) is 10.7 Å². The van der Waals surface area contributed by atoms with Crippen LogP contribution in [0.1, 0.15) is 27.5 Å². The number of oxime groups is 1. The van der Waals surface area contributed by atoms with Crippen molar-refractivity contribution in [3.63, 3.8) is 0 Å². The number of hydrogen-bond donors (Lipinski definition) is 0. The van der Waals surface area contributed by atoms with Crippen LogP contribution in [0.25, 0.3) is 4.96 Å². The second-order valence-electron chi connectivity index (χ2n) is 6.91. The average Bonchev–Trinajstić information content (AvgIpc) is 3.39. The molecule has 0 spiro atoms. The summed E-state index contributed by atoms with van der Waals surface area (Å²) < 4.78 is 1.74. The Balaban J connectivity index is 1.36. The summed E-state index contributed by atoms with van der Waals surface area (Å²) in [6.07, 6.45) is 0.763. The van der Waals surface area contributed by atoms with Gasteiger partial charge in [-0.15, -0.1) is 10.2 Å². The Bertz CT molecular complexity index is 1260. The Morgan fingerprint density at radius 2 is 1.42 bits per heavy atom. The van der Waals surface area contributed by atoms with Crippen LogP contribution in [-0.2, 0) is 17.9 Å². The maximum Gasteiger partial charge on any atom is 0.234 e. The molecule has 0 N–H and O–H groups in total. The number of nitrogens with zero attached hydrogens (tertiary/aromatic N) is 5. The van der Waals surface area contributed by atoms with Crippen molar-refractivity contribution in [1.29, 1.82) is 0 Å². The first-order valence-corrected chi connectivity index (χ1v) is 10.7. The van der Waals surface area contributed by atoms with Crippen LogP contribution in [0, 0.1) is 0 Å². The van der Waals surface area contributed by atoms with Gasteiger partial charge in [0.05, 0.1) is 0 Å². The van der Waals surface area contributed by atoms with Gasteiger partial charge in [-0.3, -0.25) is 0 Å². The van der Waals surface area contributed by atoms with E-state index in [9.17, 15) is 0 Å². The standard InChI is InChI=1S/C24H19N5OS/c1-4-10-18(11-5-1)16-22-27-29-21(25-26-24(29)31-22)17-30-28-23(19-12-6-2-7-13-19)20-14-8-3-9-15-20/h1-15H,16-17H2. The van der Waals surface area contributed by atoms with Crippen molar-refractivity contribution in [3.05, 3.63) is 119 Å². The molecule has 0 saturated carbocycles. The molecular formula is C24H19N5OS. The van der Waals surface area contributed by atoms with Gasteiger partial charge in [-0.05, 0) is 5.56 Å². The molecule has 31 heavy (non-hydrogen) atoms. The SMILES string of the molecule is c1ccc(Cc2nn3c(CON=C(c4ccccc4)c4ccccc4)nnc3s2)cc1. The molecule has 0 saturated heterocycles. The fourth-order valence-electron chi connectivity index (χ4n) is 3.25. The lowest BCUT2D eigenvalue weighted by Crippen LogP contribution is -2.05. The topological polar surface area (TPSA) is 64.7 Å². The Kier molecular flexibility index (Phi) is 5.49. The second-order valence-corrected chi connectivity index (χ2v) is 7.95. The van der Waals surface area contributed by atoms with E-state index in [1.165, 1.54) is 16.9 Å². The monoisotopic (exact) mass is 425 g/mol. The van der Waals surface area contributed by atoms with Crippen LogP contribution in [-0.4, -0.2) is 25.5 Å². The molecule has 5 rings (SSSR count). The van der Waals surface area contributed by atoms with Crippen LogP contribution >= 0.6 is 11.3 Å². The van der Waals surface area contributed by atoms with Crippen molar-refractivity contribution in [2.75, 3.05) is 0 Å². The third-order valence-corrected chi connectivity index (χ3v) is 5.64. The maximum absolute atomic E-state index is 5.71. The fraction of sp³-hybridized carbons (Fsp3) is 0.0833. The zero-order chi connectivity index (χ0) is 20.9. The molecule has 7 heteroatoms. The quantitative estimate of drug-likeness (QED) is 0.279. The van der Waals surface area contributed by atoms with Crippen molar-refractivity contribution < 1.29 is 4.84 Å². The molecular weight excluding hydrogens is 406 g/mol. The zero-order valence-electron chi connectivity index (χ0n) is 16.6. The normalized spacial score (nSPS) is 10.8. The highest BCUT2D eigenvalue weighted by atomic mass is 32.1. The lowest BCUT2D eigenvalue weighted by atomic mass is 10.0. The van der Waals surface area contributed by atoms with E-state index in [4.69, 9.17) is 4.84 Å². The Morgan fingerprint density at radius 3 is 2.06 bits per heavy atom. The Labute approximate surface area is 183 Å². The molecule has 0 aliphatic rings. The third kappa shape index (κ3) is 4.36. The molecule has 0 aliphatic carbocycles. The predicted octanol–water partition coefficient (Wildman–Crippen LogP) is 4.75. The van der Waals surface area contributed by atoms with Gasteiger partial charge in [-0.2, -0.15) is 9.61 Å². The first-order valence-electron chi connectivity index (χ1n) is 9.91. The van der Waals surface area contributed by atoms with Crippen molar-refractivity contribution in [3.8, 4) is 0 Å². The number of rotatable bonds is 7. The number of fused-ring (bicyclic) bond motifs is 1. The van der Waals surface area contributed by atoms with Crippen molar-refractivity contribution in [1.82, 2.24) is 19.8 Å². The van der Waals surface area contributed by atoms with Gasteiger partial charge in [0.25, 0.3) is 0 Å². The lowest BCUT2D eigenvalue weighted by molar-refractivity contribution is 0.123. The van der Waals surface area contributed by atoms with E-state index in [1.807, 2.05) is 78.9 Å². The fourth-order valence-corrected chi connectivity index (χ4v) is 4.13. The summed E-state index contributed by atoms with van der Waals surface area (Å²) in [5, 5.41) is 18.5. The molecule has 6 nitrogen and oxygen atoms in total. The minimum Gasteiger partial charge on any atom is -0.387 e. The van der Waals surface area contributed by atoms with E-state index in [0.29, 0.717) is 5.82 Å². The molecule has 0 amide bonds. The van der Waals surface area contributed by atoms with Crippen molar-refractivity contribution in [2.45, 2.75) is 13.0 Å². The molecule has 2 aromatic heterocycles. The van der Waals surface area contributed by atoms with Gasteiger partial charge in [-0.1, -0.05) is 107 Å². The Hall–Kier alpha value is -3.84. The van der Waals surface area contributed by atoms with Crippen LogP contribution in [0.2, 0.25) is 0 Å². The second kappa shape index (κ2) is 8.89. The van der Waals surface area contributed by atoms with Gasteiger partial charge < -0.3 is 4.84 Å². The van der Waals surface area contributed by atoms with Gasteiger partial charge in [0, 0.05) is 17.5 Å². The zero-order valence-corrected chi connectivity index (χ0v) is 17.4. The van der Waals surface area contributed by atoms with E-state index < -0.39 is 0 Å². The molecule has 5 aromatic rings. The summed E-state index contributed by atoms with van der Waals surface area (Å²) in [6.45, 7) is 0.179. The van der Waals surface area contributed by atoms with Crippen molar-refractivity contribution >= 4 is 22.0 Å². The lowest BCUT2D eigenvalue weighted by Gasteiger charge is -2.07. The molecule has 0 radical (unpaired) electrons. The highest BCUT2D eigenvalue weighted by Crippen LogP contribution is 2.18. The van der Waals surface area contributed by atoms with E-state index in [1.54, 1.807) is 4.52 Å². The van der Waals surface area contributed by atoms with Gasteiger partial charge in [0.2, 0.25) is 4.96 Å². The van der Waals surface area contributed by atoms with Crippen LogP contribution in [0.15, 0.2) is 96.2 Å². The molecule has 0 aliphatic heterocycles. The molecule has 0 unspecified atom stereocenters. The largest absolute Gasteiger partial charge is 0.387 e. The molecule has 2 heterocycles. The highest BCUT2D eigenvalue weighted by Gasteiger charge is 2.13. The first kappa shape index (κ1) is 19.1. The average molecular weight is 426 g/mol. The first-order chi connectivity index (χ1) is 15.4. The number of benzene rings is 3. The maximum atomic E-state index is 5.71. The van der Waals surface area contributed by atoms with Crippen LogP contribution in [0.5, 0.6) is 0 Å². The number of hydrogen-bond acceptors (Lipinski definition) is 6. The summed E-state index contributed by atoms with van der Waals surface area (Å²) in [5.74, 6) is 0.620. The smallest absolute Gasteiger partial charge is 0.234 e. The third-order valence-electron chi connectivity index (χ3n) is 4.74. The summed E-state index contributed by atoms with van der Waals surface area (Å²) >= 11 is 1.53. The van der Waals surface area contributed by atoms with Crippen LogP contribution in [0.4, 0.5) is 0 Å². The van der Waals surface area contributed by atoms with Crippen LogP contribution < -0.4 is 0 Å². The summed E-state index contributed by atoms with van der Waals surface area (Å²) in [5.41, 5.74) is 3.95. The van der Waals surface area contributed by atoms with E-state index in [2.05, 4.69) is 32.6 Å². The highest BCUT2D eigenvalue weighted by molar-refractivity contribution is 7.16. The minimum atomic E-state index is 0.179. The molecule has 152 valence electrons. The predicted molar refractivity (Wildman–Crippen MR) is 121 cm³/mol. The molecule has 0 bridgehead atoms. The Morgan fingerprint density at radius 1 is 0.806 bits per heavy atom. The van der Waals surface area contributed by atoms with E-state index in [0.717, 1.165) is 33.2 Å². The number of aromatic nitrogens is 4. The van der Waals surface area contributed by atoms with Gasteiger partial charge in [-0.25, -0.2) is 0 Å². The van der Waals surface area contributed by atoms with Crippen LogP contribution in [0.3, 0.4) is 0 Å². The summed E-state index contributed by atoms with van der Waals surface area (Å²) in [7, 11) is 0. The molecule has 0 atom stereocenters. The summed E-state index contributed by atoms with van der Waals surface area (Å²) in [6, 6.07) is 30.2. The van der Waals surface area contributed by atoms with Crippen molar-refractivity contribution in [2.24, 2.45) is 5.16 Å².